The Balaban J connectivity index is 1.98. The zero-order valence-electron chi connectivity index (χ0n) is 19.2. The molecule has 2 atom stereocenters. The van der Waals surface area contributed by atoms with E-state index in [0.29, 0.717) is 28.1 Å². The number of aliphatic carboxylic acids is 1. The second-order valence-electron chi connectivity index (χ2n) is 8.07. The molecule has 4 rings (SSSR count). The maximum atomic E-state index is 14.3. The number of hydrogen-bond donors (Lipinski definition) is 1. The van der Waals surface area contributed by atoms with Crippen LogP contribution < -0.4 is 9.47 Å². The average molecular weight is 491 g/mol. The van der Waals surface area contributed by atoms with Gasteiger partial charge in [0, 0.05) is 5.02 Å². The molecule has 0 spiro atoms. The van der Waals surface area contributed by atoms with Crippen molar-refractivity contribution >= 4 is 23.5 Å². The highest BCUT2D eigenvalue weighted by atomic mass is 35.5. The first-order valence-corrected chi connectivity index (χ1v) is 11.3. The summed E-state index contributed by atoms with van der Waals surface area (Å²) in [6.45, 7) is 0. The minimum absolute atomic E-state index is 0.0735. The lowest BCUT2D eigenvalue weighted by Crippen LogP contribution is -2.42. The lowest BCUT2D eigenvalue weighted by Gasteiger charge is -2.31. The van der Waals surface area contributed by atoms with E-state index in [1.807, 2.05) is 30.3 Å². The fraction of sp³-hybridized carbons (Fsp3) is 0.222. The van der Waals surface area contributed by atoms with Gasteiger partial charge in [0.05, 0.1) is 31.4 Å². The summed E-state index contributed by atoms with van der Waals surface area (Å²) in [7, 11) is 2.77. The molecule has 1 heterocycles. The number of benzene rings is 3. The van der Waals surface area contributed by atoms with Crippen LogP contribution in [0.15, 0.2) is 60.7 Å². The first-order valence-electron chi connectivity index (χ1n) is 11.0. The molecule has 8 heteroatoms. The van der Waals surface area contributed by atoms with E-state index in [4.69, 9.17) is 21.1 Å². The summed E-state index contributed by atoms with van der Waals surface area (Å²) in [5, 5.41) is 20.2. The molecule has 3 aromatic carbocycles. The van der Waals surface area contributed by atoms with Crippen LogP contribution in [0.5, 0.6) is 11.5 Å². The Kier molecular flexibility index (Phi) is 6.94. The van der Waals surface area contributed by atoms with E-state index in [1.165, 1.54) is 19.1 Å². The van der Waals surface area contributed by atoms with Gasteiger partial charge < -0.3 is 19.5 Å². The highest BCUT2D eigenvalue weighted by molar-refractivity contribution is 6.31. The number of ether oxygens (including phenoxy) is 2. The monoisotopic (exact) mass is 490 g/mol. The number of carboxylic acids is 1. The quantitative estimate of drug-likeness (QED) is 0.501. The molecule has 7 nitrogen and oxygen atoms in total. The molecule has 3 aromatic rings. The Morgan fingerprint density at radius 3 is 2.29 bits per heavy atom. The third-order valence-corrected chi connectivity index (χ3v) is 6.58. The molecule has 0 saturated carbocycles. The van der Waals surface area contributed by atoms with E-state index in [9.17, 15) is 20.0 Å². The van der Waals surface area contributed by atoms with Crippen molar-refractivity contribution in [3.05, 3.63) is 82.4 Å². The normalized spacial score (nSPS) is 17.0. The largest absolute Gasteiger partial charge is 0.492 e. The summed E-state index contributed by atoms with van der Waals surface area (Å²) in [4.78, 5) is 27.9. The van der Waals surface area contributed by atoms with Gasteiger partial charge in [0.1, 0.15) is 12.1 Å². The Morgan fingerprint density at radius 1 is 1.03 bits per heavy atom. The van der Waals surface area contributed by atoms with Gasteiger partial charge in [-0.2, -0.15) is 5.26 Å². The Bertz CT molecular complexity index is 1320. The number of carboxylic acid groups (broad SMARTS) is 1. The van der Waals surface area contributed by atoms with Gasteiger partial charge in [0.15, 0.2) is 11.5 Å². The van der Waals surface area contributed by atoms with Gasteiger partial charge in [-0.05, 0) is 41.7 Å². The van der Waals surface area contributed by atoms with Crippen LogP contribution in [-0.2, 0) is 4.79 Å². The zero-order chi connectivity index (χ0) is 25.1. The lowest BCUT2D eigenvalue weighted by atomic mass is 9.94. The van der Waals surface area contributed by atoms with Gasteiger partial charge >= 0.3 is 5.97 Å². The van der Waals surface area contributed by atoms with Crippen LogP contribution in [-0.4, -0.2) is 42.1 Å². The van der Waals surface area contributed by atoms with E-state index >= 15 is 0 Å². The van der Waals surface area contributed by atoms with Crippen molar-refractivity contribution < 1.29 is 24.2 Å². The summed E-state index contributed by atoms with van der Waals surface area (Å²) in [6.07, 6.45) is 0.705. The predicted molar refractivity (Wildman–Crippen MR) is 131 cm³/mol. The second kappa shape index (κ2) is 10.1. The molecule has 2 unspecified atom stereocenters. The van der Waals surface area contributed by atoms with Gasteiger partial charge in [-0.1, -0.05) is 60.1 Å². The highest BCUT2D eigenvalue weighted by Gasteiger charge is 2.44. The first kappa shape index (κ1) is 24.1. The standard InChI is InChI=1S/C27H23ClN2O5/c1-34-24-17(15-29)14-19(16-8-4-3-5-9-16)23(25(24)35-2)26(31)30-21(12-13-22(30)27(32)33)18-10-6-7-11-20(18)28/h3-11,14,21-22H,12-13H2,1-2H3,(H,32,33). The SMILES string of the molecule is COc1c(C#N)cc(-c2ccccc2)c(C(=O)N2C(C(=O)O)CCC2c2ccccc2Cl)c1OC. The van der Waals surface area contributed by atoms with Gasteiger partial charge in [0.2, 0.25) is 0 Å². The Labute approximate surface area is 208 Å². The molecule has 1 fully saturated rings. The molecule has 1 aliphatic heterocycles. The summed E-state index contributed by atoms with van der Waals surface area (Å²) in [6, 6.07) is 18.2. The Morgan fingerprint density at radius 2 is 1.69 bits per heavy atom. The van der Waals surface area contributed by atoms with Gasteiger partial charge in [-0.25, -0.2) is 4.79 Å². The predicted octanol–water partition coefficient (Wildman–Crippen LogP) is 5.33. The fourth-order valence-corrected chi connectivity index (χ4v) is 4.96. The van der Waals surface area contributed by atoms with E-state index in [0.717, 1.165) is 0 Å². The van der Waals surface area contributed by atoms with Crippen LogP contribution in [0.2, 0.25) is 5.02 Å². The summed E-state index contributed by atoms with van der Waals surface area (Å²) >= 11 is 6.45. The first-order chi connectivity index (χ1) is 16.9. The number of carbonyl (C=O) groups is 2. The van der Waals surface area contributed by atoms with Crippen LogP contribution in [0.25, 0.3) is 11.1 Å². The molecule has 0 aromatic heterocycles. The average Bonchev–Trinajstić information content (AvgIpc) is 3.33. The van der Waals surface area contributed by atoms with Crippen LogP contribution in [0.4, 0.5) is 0 Å². The Hall–Kier alpha value is -4.02. The molecule has 35 heavy (non-hydrogen) atoms. The van der Waals surface area contributed by atoms with Gasteiger partial charge in [0.25, 0.3) is 5.91 Å². The number of methoxy groups -OCH3 is 2. The van der Waals surface area contributed by atoms with Crippen LogP contribution in [0, 0.1) is 11.3 Å². The van der Waals surface area contributed by atoms with Crippen molar-refractivity contribution in [2.45, 2.75) is 24.9 Å². The fourth-order valence-electron chi connectivity index (χ4n) is 4.69. The summed E-state index contributed by atoms with van der Waals surface area (Å²) in [5.74, 6) is -1.46. The number of likely N-dealkylation sites (tertiary alicyclic amines) is 1. The van der Waals surface area contributed by atoms with Crippen LogP contribution in [0.1, 0.15) is 40.4 Å². The van der Waals surface area contributed by atoms with E-state index in [1.54, 1.807) is 30.3 Å². The number of hydrogen-bond acceptors (Lipinski definition) is 5. The third kappa shape index (κ3) is 4.29. The molecule has 1 saturated heterocycles. The molecular formula is C27H23ClN2O5. The molecule has 178 valence electrons. The second-order valence-corrected chi connectivity index (χ2v) is 8.48. The topological polar surface area (TPSA) is 99.9 Å². The zero-order valence-corrected chi connectivity index (χ0v) is 20.0. The van der Waals surface area contributed by atoms with Crippen molar-refractivity contribution in [2.24, 2.45) is 0 Å². The molecule has 0 aliphatic carbocycles. The van der Waals surface area contributed by atoms with Crippen molar-refractivity contribution in [1.29, 1.82) is 5.26 Å². The molecule has 1 aliphatic rings. The van der Waals surface area contributed by atoms with Gasteiger partial charge in [-0.3, -0.25) is 4.79 Å². The number of nitriles is 1. The van der Waals surface area contributed by atoms with Crippen molar-refractivity contribution in [2.75, 3.05) is 14.2 Å². The van der Waals surface area contributed by atoms with E-state index in [-0.39, 0.29) is 29.0 Å². The molecule has 0 radical (unpaired) electrons. The molecular weight excluding hydrogens is 468 g/mol. The minimum atomic E-state index is -1.10. The van der Waals surface area contributed by atoms with Crippen LogP contribution >= 0.6 is 11.6 Å². The van der Waals surface area contributed by atoms with Gasteiger partial charge in [-0.15, -0.1) is 0 Å². The van der Waals surface area contributed by atoms with Crippen molar-refractivity contribution in [3.63, 3.8) is 0 Å². The minimum Gasteiger partial charge on any atom is -0.492 e. The maximum Gasteiger partial charge on any atom is 0.326 e. The number of nitrogens with zero attached hydrogens (tertiary/aromatic N) is 2. The van der Waals surface area contributed by atoms with Crippen molar-refractivity contribution in [1.82, 2.24) is 4.90 Å². The highest BCUT2D eigenvalue weighted by Crippen LogP contribution is 2.46. The number of halogens is 1. The molecule has 1 N–H and O–H groups in total. The molecule has 0 bridgehead atoms. The molecule has 1 amide bonds. The number of carbonyl (C=O) groups excluding carboxylic acids is 1. The van der Waals surface area contributed by atoms with Crippen molar-refractivity contribution in [3.8, 4) is 28.7 Å². The lowest BCUT2D eigenvalue weighted by molar-refractivity contribution is -0.141. The summed E-state index contributed by atoms with van der Waals surface area (Å²) < 4.78 is 11.1. The number of amides is 1. The summed E-state index contributed by atoms with van der Waals surface area (Å²) in [5.41, 5.74) is 2.11. The maximum absolute atomic E-state index is 14.3. The van der Waals surface area contributed by atoms with E-state index in [2.05, 4.69) is 6.07 Å². The third-order valence-electron chi connectivity index (χ3n) is 6.23. The van der Waals surface area contributed by atoms with Crippen LogP contribution in [0.3, 0.4) is 0 Å². The van der Waals surface area contributed by atoms with E-state index < -0.39 is 24.0 Å². The smallest absolute Gasteiger partial charge is 0.326 e. The number of rotatable bonds is 6.